The van der Waals surface area contributed by atoms with Crippen LogP contribution in [0, 0.1) is 6.92 Å². The molecule has 2 rings (SSSR count). The highest BCUT2D eigenvalue weighted by Gasteiger charge is 2.31. The molecule has 0 fully saturated rings. The summed E-state index contributed by atoms with van der Waals surface area (Å²) in [7, 11) is -4.00. The van der Waals surface area contributed by atoms with Gasteiger partial charge in [0.05, 0.1) is 24.1 Å². The molecule has 0 aromatic heterocycles. The highest BCUT2D eigenvalue weighted by molar-refractivity contribution is 7.92. The van der Waals surface area contributed by atoms with Crippen LogP contribution in [0.1, 0.15) is 11.1 Å². The van der Waals surface area contributed by atoms with E-state index in [4.69, 9.17) is 16.3 Å². The van der Waals surface area contributed by atoms with Crippen molar-refractivity contribution in [1.29, 1.82) is 0 Å². The number of benzene rings is 2. The molecule has 164 valence electrons. The Morgan fingerprint density at radius 1 is 1.20 bits per heavy atom. The summed E-state index contributed by atoms with van der Waals surface area (Å²) in [6.07, 6.45) is -3.83. The van der Waals surface area contributed by atoms with E-state index in [0.717, 1.165) is 24.0 Å². The van der Waals surface area contributed by atoms with Gasteiger partial charge in [-0.3, -0.25) is 9.10 Å². The van der Waals surface area contributed by atoms with Gasteiger partial charge in [-0.25, -0.2) is 8.42 Å². The normalized spacial score (nSPS) is 11.8. The molecule has 1 N–H and O–H groups in total. The second kappa shape index (κ2) is 9.57. The molecule has 0 radical (unpaired) electrons. The average Bonchev–Trinajstić information content (AvgIpc) is 2.64. The van der Waals surface area contributed by atoms with E-state index in [1.54, 1.807) is 18.2 Å². The number of alkyl halides is 3. The summed E-state index contributed by atoms with van der Waals surface area (Å²) >= 11 is 5.99. The first-order valence-electron chi connectivity index (χ1n) is 8.68. The van der Waals surface area contributed by atoms with Crippen molar-refractivity contribution in [3.8, 4) is 5.75 Å². The fraction of sp³-hybridized carbons (Fsp3) is 0.316. The first-order chi connectivity index (χ1) is 13.9. The van der Waals surface area contributed by atoms with Gasteiger partial charge in [0, 0.05) is 5.02 Å². The fourth-order valence-electron chi connectivity index (χ4n) is 2.45. The van der Waals surface area contributed by atoms with Crippen LogP contribution >= 0.6 is 11.6 Å². The van der Waals surface area contributed by atoms with Crippen molar-refractivity contribution in [1.82, 2.24) is 5.32 Å². The second-order valence-corrected chi connectivity index (χ2v) is 8.74. The minimum Gasteiger partial charge on any atom is -0.492 e. The van der Waals surface area contributed by atoms with Gasteiger partial charge in [0.2, 0.25) is 15.9 Å². The number of anilines is 1. The highest BCUT2D eigenvalue weighted by atomic mass is 35.5. The summed E-state index contributed by atoms with van der Waals surface area (Å²) < 4.78 is 68.9. The number of carbonyl (C=O) groups is 1. The van der Waals surface area contributed by atoms with Crippen molar-refractivity contribution in [2.24, 2.45) is 0 Å². The van der Waals surface area contributed by atoms with Gasteiger partial charge in [0.25, 0.3) is 0 Å². The van der Waals surface area contributed by atoms with E-state index in [1.807, 2.05) is 6.92 Å². The molecule has 0 saturated carbocycles. The van der Waals surface area contributed by atoms with E-state index in [1.165, 1.54) is 6.07 Å². The SMILES string of the molecule is Cc1ccc(OCCNC(=O)CN(c2cccc(C(F)(F)F)c2)S(C)(=O)=O)cc1Cl. The molecule has 0 atom stereocenters. The third kappa shape index (κ3) is 6.81. The van der Waals surface area contributed by atoms with Crippen LogP contribution in [0.5, 0.6) is 5.75 Å². The van der Waals surface area contributed by atoms with Crippen molar-refractivity contribution in [3.63, 3.8) is 0 Å². The Morgan fingerprint density at radius 2 is 1.90 bits per heavy atom. The van der Waals surface area contributed by atoms with Gasteiger partial charge < -0.3 is 10.1 Å². The molecule has 0 bridgehead atoms. The summed E-state index contributed by atoms with van der Waals surface area (Å²) in [6, 6.07) is 8.87. The van der Waals surface area contributed by atoms with Crippen LogP contribution in [0.25, 0.3) is 0 Å². The molecule has 6 nitrogen and oxygen atoms in total. The van der Waals surface area contributed by atoms with E-state index in [2.05, 4.69) is 5.32 Å². The zero-order valence-corrected chi connectivity index (χ0v) is 17.7. The molecule has 0 saturated heterocycles. The molecule has 11 heteroatoms. The second-order valence-electron chi connectivity index (χ2n) is 6.43. The van der Waals surface area contributed by atoms with Crippen LogP contribution < -0.4 is 14.4 Å². The van der Waals surface area contributed by atoms with Crippen molar-refractivity contribution < 1.29 is 31.1 Å². The first kappa shape index (κ1) is 23.8. The topological polar surface area (TPSA) is 75.7 Å². The van der Waals surface area contributed by atoms with Gasteiger partial charge in [-0.05, 0) is 42.8 Å². The lowest BCUT2D eigenvalue weighted by atomic mass is 10.2. The molecule has 0 aliphatic rings. The number of rotatable bonds is 8. The van der Waals surface area contributed by atoms with Gasteiger partial charge in [0.1, 0.15) is 18.9 Å². The smallest absolute Gasteiger partial charge is 0.416 e. The molecular weight excluding hydrogens is 445 g/mol. The Bertz CT molecular complexity index is 1010. The first-order valence-corrected chi connectivity index (χ1v) is 10.9. The summed E-state index contributed by atoms with van der Waals surface area (Å²) in [5, 5.41) is 3.00. The molecule has 2 aromatic carbocycles. The molecule has 0 unspecified atom stereocenters. The third-order valence-electron chi connectivity index (χ3n) is 3.99. The lowest BCUT2D eigenvalue weighted by Gasteiger charge is -2.22. The van der Waals surface area contributed by atoms with E-state index < -0.39 is 34.2 Å². The Kier molecular flexibility index (Phi) is 7.59. The number of carbonyl (C=O) groups excluding carboxylic acids is 1. The van der Waals surface area contributed by atoms with Crippen molar-refractivity contribution in [2.45, 2.75) is 13.1 Å². The van der Waals surface area contributed by atoms with Crippen molar-refractivity contribution in [3.05, 3.63) is 58.6 Å². The molecule has 0 aliphatic carbocycles. The number of halogens is 4. The zero-order valence-electron chi connectivity index (χ0n) is 16.2. The number of hydrogen-bond acceptors (Lipinski definition) is 4. The number of sulfonamides is 1. The summed E-state index contributed by atoms with van der Waals surface area (Å²) in [6.45, 7) is 1.32. The van der Waals surface area contributed by atoms with E-state index >= 15 is 0 Å². The Hall–Kier alpha value is -2.46. The minimum absolute atomic E-state index is 0.0600. The maximum atomic E-state index is 12.9. The monoisotopic (exact) mass is 464 g/mol. The molecule has 2 aromatic rings. The fourth-order valence-corrected chi connectivity index (χ4v) is 3.47. The average molecular weight is 465 g/mol. The van der Waals surface area contributed by atoms with Crippen LogP contribution in [0.3, 0.4) is 0 Å². The van der Waals surface area contributed by atoms with Gasteiger partial charge >= 0.3 is 6.18 Å². The molecule has 0 heterocycles. The van der Waals surface area contributed by atoms with Crippen LogP contribution in [-0.4, -0.2) is 40.3 Å². The number of nitrogens with zero attached hydrogens (tertiary/aromatic N) is 1. The maximum absolute atomic E-state index is 12.9. The predicted octanol–water partition coefficient (Wildman–Crippen LogP) is 3.63. The van der Waals surface area contributed by atoms with Crippen molar-refractivity contribution >= 4 is 33.2 Å². The Morgan fingerprint density at radius 3 is 2.50 bits per heavy atom. The molecule has 1 amide bonds. The maximum Gasteiger partial charge on any atom is 0.416 e. The van der Waals surface area contributed by atoms with Crippen LogP contribution in [0.2, 0.25) is 5.02 Å². The van der Waals surface area contributed by atoms with E-state index in [9.17, 15) is 26.4 Å². The highest BCUT2D eigenvalue weighted by Crippen LogP contribution is 2.32. The Balaban J connectivity index is 1.98. The largest absolute Gasteiger partial charge is 0.492 e. The van der Waals surface area contributed by atoms with Gasteiger partial charge in [-0.15, -0.1) is 0 Å². The predicted molar refractivity (Wildman–Crippen MR) is 108 cm³/mol. The molecular formula is C19H20ClF3N2O4S. The van der Waals surface area contributed by atoms with E-state index in [-0.39, 0.29) is 18.8 Å². The van der Waals surface area contributed by atoms with Gasteiger partial charge in [-0.2, -0.15) is 13.2 Å². The Labute approximate surface area is 177 Å². The number of aryl methyl sites for hydroxylation is 1. The minimum atomic E-state index is -4.64. The molecule has 0 spiro atoms. The zero-order chi connectivity index (χ0) is 22.5. The van der Waals surface area contributed by atoms with Crippen LogP contribution in [-0.2, 0) is 21.0 Å². The van der Waals surface area contributed by atoms with Crippen LogP contribution in [0.15, 0.2) is 42.5 Å². The van der Waals surface area contributed by atoms with Gasteiger partial charge in [0.15, 0.2) is 0 Å². The third-order valence-corrected chi connectivity index (χ3v) is 5.53. The molecule has 30 heavy (non-hydrogen) atoms. The quantitative estimate of drug-likeness (QED) is 0.605. The summed E-state index contributed by atoms with van der Waals surface area (Å²) in [5.74, 6) is -0.190. The van der Waals surface area contributed by atoms with Crippen LogP contribution in [0.4, 0.5) is 18.9 Å². The lowest BCUT2D eigenvalue weighted by Crippen LogP contribution is -2.41. The standard InChI is InChI=1S/C19H20ClF3N2O4S/c1-13-6-7-16(11-17(13)20)29-9-8-24-18(26)12-25(30(2,27)28)15-5-3-4-14(10-15)19(21,22)23/h3-7,10-11H,8-9,12H2,1-2H3,(H,24,26). The number of amides is 1. The van der Waals surface area contributed by atoms with Gasteiger partial charge in [-0.1, -0.05) is 23.7 Å². The lowest BCUT2D eigenvalue weighted by molar-refractivity contribution is -0.137. The van der Waals surface area contributed by atoms with E-state index in [0.29, 0.717) is 21.1 Å². The molecule has 0 aliphatic heterocycles. The van der Waals surface area contributed by atoms with Crippen molar-refractivity contribution in [2.75, 3.05) is 30.3 Å². The number of hydrogen-bond donors (Lipinski definition) is 1. The number of ether oxygens (including phenoxy) is 1. The summed E-state index contributed by atoms with van der Waals surface area (Å²) in [4.78, 5) is 12.1. The summed E-state index contributed by atoms with van der Waals surface area (Å²) in [5.41, 5.74) is -0.389. The number of nitrogens with one attached hydrogen (secondary N) is 1.